The average molecular weight is 313 g/mol. The molecule has 0 fully saturated rings. The van der Waals surface area contributed by atoms with Crippen molar-refractivity contribution in [3.05, 3.63) is 10.2 Å². The lowest BCUT2D eigenvalue weighted by Crippen LogP contribution is -2.37. The van der Waals surface area contributed by atoms with Gasteiger partial charge in [-0.2, -0.15) is 0 Å². The minimum Gasteiger partial charge on any atom is -0.383 e. The number of thiazole rings is 1. The third-order valence-corrected chi connectivity index (χ3v) is 5.69. The van der Waals surface area contributed by atoms with Crippen molar-refractivity contribution in [2.45, 2.75) is 36.9 Å². The molecule has 0 saturated carbocycles. The second-order valence-corrected chi connectivity index (χ2v) is 7.39. The normalized spacial score (nSPS) is 13.8. The van der Waals surface area contributed by atoms with E-state index in [0.717, 1.165) is 24.2 Å². The van der Waals surface area contributed by atoms with Gasteiger partial charge in [-0.3, -0.25) is 0 Å². The summed E-state index contributed by atoms with van der Waals surface area (Å²) in [6.07, 6.45) is 1.59. The fourth-order valence-electron chi connectivity index (χ4n) is 1.60. The van der Waals surface area contributed by atoms with Crippen LogP contribution in [-0.4, -0.2) is 33.2 Å². The molecule has 0 bridgehead atoms. The molecule has 0 saturated heterocycles. The number of hydrogen-bond donors (Lipinski definition) is 1. The Morgan fingerprint density at radius 2 is 2.22 bits per heavy atom. The Labute approximate surface area is 117 Å². The third kappa shape index (κ3) is 4.17. The maximum atomic E-state index is 12.2. The van der Waals surface area contributed by atoms with Crippen molar-refractivity contribution in [2.24, 2.45) is 0 Å². The van der Waals surface area contributed by atoms with Crippen LogP contribution in [0.3, 0.4) is 0 Å². The van der Waals surface area contributed by atoms with Crippen molar-refractivity contribution in [2.75, 3.05) is 13.7 Å². The SMILES string of the molecule is CCCC(COC)NS(=O)(=O)c1sc(Cl)nc1C. The summed E-state index contributed by atoms with van der Waals surface area (Å²) in [5, 5.41) is 0. The summed E-state index contributed by atoms with van der Waals surface area (Å²) in [6, 6.07) is -0.231. The highest BCUT2D eigenvalue weighted by atomic mass is 35.5. The largest absolute Gasteiger partial charge is 0.383 e. The van der Waals surface area contributed by atoms with E-state index in [1.54, 1.807) is 14.0 Å². The van der Waals surface area contributed by atoms with E-state index in [1.807, 2.05) is 6.92 Å². The Bertz CT molecular complexity index is 481. The zero-order valence-corrected chi connectivity index (χ0v) is 13.0. The average Bonchev–Trinajstić information content (AvgIpc) is 2.59. The summed E-state index contributed by atoms with van der Waals surface area (Å²) < 4.78 is 32.4. The highest BCUT2D eigenvalue weighted by Crippen LogP contribution is 2.26. The molecule has 0 aliphatic rings. The van der Waals surface area contributed by atoms with Crippen LogP contribution in [0.4, 0.5) is 0 Å². The molecule has 1 aromatic rings. The minimum atomic E-state index is -3.57. The molecule has 0 amide bonds. The Hall–Kier alpha value is -0.210. The zero-order valence-electron chi connectivity index (χ0n) is 10.6. The van der Waals surface area contributed by atoms with Gasteiger partial charge in [-0.15, -0.1) is 0 Å². The molecule has 1 unspecified atom stereocenters. The molecule has 1 heterocycles. The Morgan fingerprint density at radius 3 is 2.67 bits per heavy atom. The summed E-state index contributed by atoms with van der Waals surface area (Å²) in [7, 11) is -2.02. The van der Waals surface area contributed by atoms with Crippen LogP contribution in [0.25, 0.3) is 0 Å². The van der Waals surface area contributed by atoms with Crippen molar-refractivity contribution >= 4 is 33.0 Å². The van der Waals surface area contributed by atoms with E-state index in [-0.39, 0.29) is 14.7 Å². The molecule has 0 aromatic carbocycles. The topological polar surface area (TPSA) is 68.3 Å². The van der Waals surface area contributed by atoms with E-state index in [0.29, 0.717) is 12.3 Å². The van der Waals surface area contributed by atoms with Crippen molar-refractivity contribution in [1.82, 2.24) is 9.71 Å². The van der Waals surface area contributed by atoms with Crippen LogP contribution in [0.15, 0.2) is 4.21 Å². The lowest BCUT2D eigenvalue weighted by Gasteiger charge is -2.16. The Balaban J connectivity index is 2.89. The monoisotopic (exact) mass is 312 g/mol. The van der Waals surface area contributed by atoms with Crippen LogP contribution in [0.5, 0.6) is 0 Å². The first kappa shape index (κ1) is 15.8. The number of aryl methyl sites for hydroxylation is 1. The van der Waals surface area contributed by atoms with Crippen molar-refractivity contribution in [3.8, 4) is 0 Å². The molecule has 0 radical (unpaired) electrons. The van der Waals surface area contributed by atoms with Crippen LogP contribution in [0.2, 0.25) is 4.47 Å². The lowest BCUT2D eigenvalue weighted by molar-refractivity contribution is 0.171. The van der Waals surface area contributed by atoms with E-state index in [2.05, 4.69) is 9.71 Å². The first-order valence-corrected chi connectivity index (χ1v) is 8.22. The molecule has 1 aromatic heterocycles. The maximum absolute atomic E-state index is 12.2. The third-order valence-electron chi connectivity index (χ3n) is 2.30. The molecular weight excluding hydrogens is 296 g/mol. The lowest BCUT2D eigenvalue weighted by atomic mass is 10.2. The van der Waals surface area contributed by atoms with E-state index in [9.17, 15) is 8.42 Å². The van der Waals surface area contributed by atoms with Crippen molar-refractivity contribution in [1.29, 1.82) is 0 Å². The van der Waals surface area contributed by atoms with Crippen molar-refractivity contribution in [3.63, 3.8) is 0 Å². The summed E-state index contributed by atoms with van der Waals surface area (Å²) in [5.74, 6) is 0. The number of halogens is 1. The van der Waals surface area contributed by atoms with E-state index < -0.39 is 10.0 Å². The molecule has 1 N–H and O–H groups in total. The minimum absolute atomic E-state index is 0.171. The van der Waals surface area contributed by atoms with Gasteiger partial charge >= 0.3 is 0 Å². The zero-order chi connectivity index (χ0) is 13.8. The standard InChI is InChI=1S/C10H17ClN2O3S2/c1-4-5-8(6-16-3)13-18(14,15)9-7(2)12-10(11)17-9/h8,13H,4-6H2,1-3H3. The summed E-state index contributed by atoms with van der Waals surface area (Å²) in [6.45, 7) is 3.96. The summed E-state index contributed by atoms with van der Waals surface area (Å²) in [5.41, 5.74) is 0.421. The number of rotatable bonds is 7. The van der Waals surface area contributed by atoms with Crippen LogP contribution >= 0.6 is 22.9 Å². The molecule has 0 aliphatic heterocycles. The second-order valence-electron chi connectivity index (χ2n) is 3.90. The van der Waals surface area contributed by atoms with Gasteiger partial charge in [0, 0.05) is 13.2 Å². The highest BCUT2D eigenvalue weighted by Gasteiger charge is 2.24. The summed E-state index contributed by atoms with van der Waals surface area (Å²) in [4.78, 5) is 3.91. The molecule has 5 nitrogen and oxygen atoms in total. The number of nitrogens with zero attached hydrogens (tertiary/aromatic N) is 1. The fraction of sp³-hybridized carbons (Fsp3) is 0.700. The highest BCUT2D eigenvalue weighted by molar-refractivity contribution is 7.91. The predicted molar refractivity (Wildman–Crippen MR) is 72.8 cm³/mol. The van der Waals surface area contributed by atoms with Gasteiger partial charge in [0.05, 0.1) is 12.3 Å². The number of aromatic nitrogens is 1. The van der Waals surface area contributed by atoms with E-state index in [4.69, 9.17) is 16.3 Å². The number of methoxy groups -OCH3 is 1. The maximum Gasteiger partial charge on any atom is 0.252 e. The molecule has 1 rings (SSSR count). The molecule has 0 aliphatic carbocycles. The molecule has 18 heavy (non-hydrogen) atoms. The number of sulfonamides is 1. The smallest absolute Gasteiger partial charge is 0.252 e. The Kier molecular flexibility index (Phi) is 6.00. The van der Waals surface area contributed by atoms with Crippen LogP contribution in [0, 0.1) is 6.92 Å². The van der Waals surface area contributed by atoms with Gasteiger partial charge in [0.1, 0.15) is 0 Å². The quantitative estimate of drug-likeness (QED) is 0.838. The van der Waals surface area contributed by atoms with Crippen molar-refractivity contribution < 1.29 is 13.2 Å². The first-order valence-electron chi connectivity index (χ1n) is 5.55. The van der Waals surface area contributed by atoms with Gasteiger partial charge < -0.3 is 4.74 Å². The molecule has 8 heteroatoms. The van der Waals surface area contributed by atoms with Gasteiger partial charge in [-0.05, 0) is 13.3 Å². The van der Waals surface area contributed by atoms with Crippen LogP contribution < -0.4 is 4.72 Å². The fourth-order valence-corrected chi connectivity index (χ4v) is 4.61. The Morgan fingerprint density at radius 1 is 1.56 bits per heavy atom. The first-order chi connectivity index (χ1) is 8.40. The molecular formula is C10H17ClN2O3S2. The van der Waals surface area contributed by atoms with E-state index in [1.165, 1.54) is 0 Å². The predicted octanol–water partition coefficient (Wildman–Crippen LogP) is 2.20. The summed E-state index contributed by atoms with van der Waals surface area (Å²) >= 11 is 6.68. The number of nitrogens with one attached hydrogen (secondary N) is 1. The van der Waals surface area contributed by atoms with Gasteiger partial charge in [-0.1, -0.05) is 36.3 Å². The number of ether oxygens (including phenoxy) is 1. The van der Waals surface area contributed by atoms with Crippen LogP contribution in [-0.2, 0) is 14.8 Å². The second kappa shape index (κ2) is 6.81. The molecule has 0 spiro atoms. The van der Waals surface area contributed by atoms with E-state index >= 15 is 0 Å². The van der Waals surface area contributed by atoms with Gasteiger partial charge in [0.25, 0.3) is 10.0 Å². The van der Waals surface area contributed by atoms with Gasteiger partial charge in [0.2, 0.25) is 0 Å². The van der Waals surface area contributed by atoms with Gasteiger partial charge in [-0.25, -0.2) is 18.1 Å². The van der Waals surface area contributed by atoms with Gasteiger partial charge in [0.15, 0.2) is 8.68 Å². The van der Waals surface area contributed by atoms with Crippen LogP contribution in [0.1, 0.15) is 25.5 Å². The molecule has 1 atom stereocenters. The molecule has 104 valence electrons. The number of hydrogen-bond acceptors (Lipinski definition) is 5.